The molecule has 4 nitrogen and oxygen atoms in total. The second-order valence-electron chi connectivity index (χ2n) is 14.5. The van der Waals surface area contributed by atoms with Gasteiger partial charge < -0.3 is 0 Å². The summed E-state index contributed by atoms with van der Waals surface area (Å²) in [4.78, 5) is 15.5. The number of benzene rings is 6. The predicted molar refractivity (Wildman–Crippen MR) is 200 cm³/mol. The third kappa shape index (κ3) is 3.89. The van der Waals surface area contributed by atoms with Gasteiger partial charge in [-0.3, -0.25) is 4.57 Å². The molecular formula is C45H34N4. The number of nitrogens with zero attached hydrogens (tertiary/aromatic N) is 4. The van der Waals surface area contributed by atoms with Crippen LogP contribution in [0.25, 0.3) is 72.8 Å². The Bertz CT molecular complexity index is 2470. The Kier molecular flexibility index (Phi) is 5.65. The van der Waals surface area contributed by atoms with Gasteiger partial charge in [-0.1, -0.05) is 137 Å². The molecule has 0 fully saturated rings. The van der Waals surface area contributed by atoms with Crippen molar-refractivity contribution < 1.29 is 0 Å². The van der Waals surface area contributed by atoms with Gasteiger partial charge in [-0.15, -0.1) is 0 Å². The highest BCUT2D eigenvalue weighted by atomic mass is 15.2. The summed E-state index contributed by atoms with van der Waals surface area (Å²) in [6, 6.07) is 47.9. The van der Waals surface area contributed by atoms with Crippen LogP contribution in [0.2, 0.25) is 0 Å². The van der Waals surface area contributed by atoms with Gasteiger partial charge in [0.25, 0.3) is 0 Å². The maximum atomic E-state index is 5.25. The summed E-state index contributed by atoms with van der Waals surface area (Å²) in [5, 5.41) is 2.41. The second-order valence-corrected chi connectivity index (χ2v) is 14.5. The van der Waals surface area contributed by atoms with Gasteiger partial charge in [-0.2, -0.15) is 9.97 Å². The summed E-state index contributed by atoms with van der Waals surface area (Å²) in [5.74, 6) is 1.93. The number of rotatable bonds is 3. The van der Waals surface area contributed by atoms with Gasteiger partial charge in [-0.25, -0.2) is 4.98 Å². The van der Waals surface area contributed by atoms with Crippen molar-refractivity contribution >= 4 is 21.8 Å². The van der Waals surface area contributed by atoms with E-state index in [9.17, 15) is 0 Å². The molecule has 0 spiro atoms. The van der Waals surface area contributed by atoms with Crippen LogP contribution in [-0.2, 0) is 10.8 Å². The molecular weight excluding hydrogens is 597 g/mol. The summed E-state index contributed by atoms with van der Waals surface area (Å²) in [7, 11) is 0. The van der Waals surface area contributed by atoms with E-state index in [1.807, 2.05) is 36.4 Å². The van der Waals surface area contributed by atoms with Crippen molar-refractivity contribution in [2.75, 3.05) is 0 Å². The molecule has 0 amide bonds. The monoisotopic (exact) mass is 630 g/mol. The quantitative estimate of drug-likeness (QED) is 0.195. The third-order valence-corrected chi connectivity index (χ3v) is 11.1. The zero-order valence-electron chi connectivity index (χ0n) is 28.0. The van der Waals surface area contributed by atoms with Gasteiger partial charge in [0.15, 0.2) is 11.6 Å². The first kappa shape index (κ1) is 28.2. The van der Waals surface area contributed by atoms with E-state index in [0.29, 0.717) is 17.6 Å². The molecule has 49 heavy (non-hydrogen) atoms. The topological polar surface area (TPSA) is 43.6 Å². The molecule has 2 heterocycles. The van der Waals surface area contributed by atoms with Crippen molar-refractivity contribution in [2.24, 2.45) is 0 Å². The van der Waals surface area contributed by atoms with Crippen LogP contribution in [0.4, 0.5) is 0 Å². The maximum absolute atomic E-state index is 5.25. The van der Waals surface area contributed by atoms with E-state index >= 15 is 0 Å². The standard InChI is InChI=1S/C45H34N4/c1-44(2)35-21-13-11-19-29(35)31-23-33-34-24-32-30-20-12-14-22-36(30)45(3,4)38(32)26-40(34)49(39(33)25-37(31)44)43-47-41(27-15-7-5-8-16-27)46-42(48-43)28-17-9-6-10-18-28/h5-26H,1-4H3. The van der Waals surface area contributed by atoms with Crippen LogP contribution < -0.4 is 0 Å². The minimum Gasteiger partial charge on any atom is -0.278 e. The summed E-state index contributed by atoms with van der Waals surface area (Å²) < 4.78 is 2.30. The fraction of sp³-hybridized carbons (Fsp3) is 0.133. The van der Waals surface area contributed by atoms with Crippen LogP contribution in [0.1, 0.15) is 49.9 Å². The highest BCUT2D eigenvalue weighted by Gasteiger charge is 2.38. The zero-order chi connectivity index (χ0) is 33.1. The van der Waals surface area contributed by atoms with Crippen LogP contribution in [-0.4, -0.2) is 19.5 Å². The Morgan fingerprint density at radius 1 is 0.408 bits per heavy atom. The minimum atomic E-state index is -0.145. The van der Waals surface area contributed by atoms with Crippen molar-refractivity contribution in [1.29, 1.82) is 0 Å². The molecule has 0 unspecified atom stereocenters. The normalized spacial score (nSPS) is 14.9. The molecule has 2 aliphatic rings. The minimum absolute atomic E-state index is 0.145. The molecule has 8 aromatic rings. The molecule has 0 atom stereocenters. The molecule has 10 rings (SSSR count). The van der Waals surface area contributed by atoms with Crippen molar-refractivity contribution in [2.45, 2.75) is 38.5 Å². The van der Waals surface area contributed by atoms with Crippen LogP contribution in [0.15, 0.2) is 133 Å². The number of fused-ring (bicyclic) bond motifs is 9. The summed E-state index contributed by atoms with van der Waals surface area (Å²) >= 11 is 0. The van der Waals surface area contributed by atoms with Gasteiger partial charge in [0.1, 0.15) is 0 Å². The van der Waals surface area contributed by atoms with E-state index in [1.165, 1.54) is 55.3 Å². The second kappa shape index (κ2) is 9.83. The van der Waals surface area contributed by atoms with Crippen molar-refractivity contribution in [1.82, 2.24) is 19.5 Å². The summed E-state index contributed by atoms with van der Waals surface area (Å²) in [6.45, 7) is 9.37. The van der Waals surface area contributed by atoms with E-state index in [-0.39, 0.29) is 10.8 Å². The molecule has 2 aromatic heterocycles. The number of aromatic nitrogens is 4. The molecule has 0 N–H and O–H groups in total. The Labute approximate surface area is 285 Å². The van der Waals surface area contributed by atoms with Crippen molar-refractivity contribution in [3.63, 3.8) is 0 Å². The van der Waals surface area contributed by atoms with Gasteiger partial charge in [0, 0.05) is 32.7 Å². The predicted octanol–water partition coefficient (Wildman–Crippen LogP) is 10.9. The molecule has 0 bridgehead atoms. The first-order valence-corrected chi connectivity index (χ1v) is 17.0. The molecule has 0 saturated carbocycles. The lowest BCUT2D eigenvalue weighted by Gasteiger charge is -2.22. The van der Waals surface area contributed by atoms with E-state index in [0.717, 1.165) is 22.2 Å². The smallest absolute Gasteiger partial charge is 0.238 e. The lowest BCUT2D eigenvalue weighted by atomic mass is 9.82. The van der Waals surface area contributed by atoms with E-state index in [2.05, 4.69) is 129 Å². The molecule has 6 aromatic carbocycles. The first-order chi connectivity index (χ1) is 23.8. The Morgan fingerprint density at radius 3 is 1.27 bits per heavy atom. The van der Waals surface area contributed by atoms with Crippen LogP contribution in [0, 0.1) is 0 Å². The highest BCUT2D eigenvalue weighted by molar-refractivity contribution is 6.13. The van der Waals surface area contributed by atoms with Crippen molar-refractivity contribution in [3.8, 4) is 51.0 Å². The molecule has 0 aliphatic heterocycles. The lowest BCUT2D eigenvalue weighted by Crippen LogP contribution is -2.15. The number of hydrogen-bond acceptors (Lipinski definition) is 3. The fourth-order valence-electron chi connectivity index (χ4n) is 8.52. The van der Waals surface area contributed by atoms with Crippen LogP contribution in [0.5, 0.6) is 0 Å². The Balaban J connectivity index is 1.34. The Morgan fingerprint density at radius 2 is 0.816 bits per heavy atom. The van der Waals surface area contributed by atoms with Crippen LogP contribution in [0.3, 0.4) is 0 Å². The first-order valence-electron chi connectivity index (χ1n) is 17.0. The zero-order valence-corrected chi connectivity index (χ0v) is 28.0. The van der Waals surface area contributed by atoms with Gasteiger partial charge in [0.05, 0.1) is 11.0 Å². The molecule has 4 heteroatoms. The van der Waals surface area contributed by atoms with E-state index in [4.69, 9.17) is 15.0 Å². The fourth-order valence-corrected chi connectivity index (χ4v) is 8.52. The van der Waals surface area contributed by atoms with Crippen molar-refractivity contribution in [3.05, 3.63) is 156 Å². The molecule has 0 saturated heterocycles. The highest BCUT2D eigenvalue weighted by Crippen LogP contribution is 2.53. The third-order valence-electron chi connectivity index (χ3n) is 11.1. The summed E-state index contributed by atoms with van der Waals surface area (Å²) in [6.07, 6.45) is 0. The maximum Gasteiger partial charge on any atom is 0.238 e. The van der Waals surface area contributed by atoms with Gasteiger partial charge in [-0.05, 0) is 68.8 Å². The SMILES string of the molecule is CC1(C)c2ccccc2-c2cc3c4cc5c(cc4n(-c4nc(-c6ccccc6)nc(-c6ccccc6)n4)c3cc21)C(C)(C)c1ccccc1-5. The molecule has 2 aliphatic carbocycles. The average molecular weight is 631 g/mol. The molecule has 234 valence electrons. The van der Waals surface area contributed by atoms with E-state index in [1.54, 1.807) is 0 Å². The Hall–Kier alpha value is -5.87. The van der Waals surface area contributed by atoms with Gasteiger partial charge >= 0.3 is 0 Å². The molecule has 0 radical (unpaired) electrons. The average Bonchev–Trinajstić information content (AvgIpc) is 3.67. The lowest BCUT2D eigenvalue weighted by molar-refractivity contribution is 0.660. The van der Waals surface area contributed by atoms with E-state index < -0.39 is 0 Å². The summed E-state index contributed by atoms with van der Waals surface area (Å²) in [5.41, 5.74) is 14.4. The largest absolute Gasteiger partial charge is 0.278 e. The number of hydrogen-bond donors (Lipinski definition) is 0. The van der Waals surface area contributed by atoms with Gasteiger partial charge in [0.2, 0.25) is 5.95 Å². The van der Waals surface area contributed by atoms with Crippen LogP contribution >= 0.6 is 0 Å².